The largest absolute Gasteiger partial charge is 0.405 e. The molecule has 94 valence electrons. The molecule has 0 saturated carbocycles. The molecule has 0 bridgehead atoms. The fraction of sp³-hybridized carbons (Fsp3) is 0.0714. The third-order valence-corrected chi connectivity index (χ3v) is 3.69. The number of hydrogen-bond donors (Lipinski definition) is 2. The minimum atomic E-state index is -0.0587. The molecule has 2 aromatic carbocycles. The molecular formula is C14H13BN2OS. The van der Waals surface area contributed by atoms with Gasteiger partial charge in [-0.25, -0.2) is 0 Å². The maximum atomic E-state index is 11.3. The van der Waals surface area contributed by atoms with Crippen LogP contribution in [0.1, 0.15) is 0 Å². The number of hydrogen-bond acceptors (Lipinski definition) is 4. The van der Waals surface area contributed by atoms with Gasteiger partial charge in [-0.05, 0) is 29.9 Å². The predicted molar refractivity (Wildman–Crippen MR) is 84.6 cm³/mol. The lowest BCUT2D eigenvalue weighted by atomic mass is 9.73. The first-order chi connectivity index (χ1) is 9.28. The van der Waals surface area contributed by atoms with Gasteiger partial charge >= 0.3 is 6.98 Å². The number of nitrogens with one attached hydrogen (secondary N) is 2. The van der Waals surface area contributed by atoms with Gasteiger partial charge < -0.3 is 10.5 Å². The molecule has 0 spiro atoms. The fourth-order valence-corrected chi connectivity index (χ4v) is 2.51. The number of anilines is 2. The molecule has 0 atom stereocenters. The summed E-state index contributed by atoms with van der Waals surface area (Å²) in [6, 6.07) is 12.4. The molecule has 2 N–H and O–H groups in total. The van der Waals surface area contributed by atoms with E-state index in [4.69, 9.17) is 0 Å². The van der Waals surface area contributed by atoms with Crippen LogP contribution in [0.5, 0.6) is 0 Å². The lowest BCUT2D eigenvalue weighted by Gasteiger charge is -2.24. The first-order valence-electron chi connectivity index (χ1n) is 6.09. The highest BCUT2D eigenvalue weighted by Crippen LogP contribution is 2.33. The van der Waals surface area contributed by atoms with Gasteiger partial charge in [0.1, 0.15) is 0 Å². The molecule has 0 unspecified atom stereocenters. The first kappa shape index (κ1) is 12.2. The summed E-state index contributed by atoms with van der Waals surface area (Å²) in [4.78, 5) is 11.3. The molecule has 1 heterocycles. The molecule has 5 heteroatoms. The Balaban J connectivity index is 1.95. The van der Waals surface area contributed by atoms with Gasteiger partial charge in [-0.15, -0.1) is 0 Å². The van der Waals surface area contributed by atoms with E-state index in [9.17, 15) is 4.79 Å². The second-order valence-corrected chi connectivity index (χ2v) is 5.17. The molecule has 1 aliphatic rings. The van der Waals surface area contributed by atoms with Crippen molar-refractivity contribution >= 4 is 46.0 Å². The average molecular weight is 268 g/mol. The molecule has 0 aromatic heterocycles. The Hall–Kier alpha value is -1.88. The zero-order chi connectivity index (χ0) is 13.2. The molecule has 0 aliphatic carbocycles. The van der Waals surface area contributed by atoms with Crippen molar-refractivity contribution in [3.8, 4) is 0 Å². The number of benzene rings is 2. The second-order valence-electron chi connectivity index (χ2n) is 4.36. The van der Waals surface area contributed by atoms with E-state index in [0.29, 0.717) is 0 Å². The normalized spacial score (nSPS) is 13.4. The molecule has 3 rings (SSSR count). The first-order valence-corrected chi connectivity index (χ1v) is 7.31. The van der Waals surface area contributed by atoms with Crippen molar-refractivity contribution in [2.75, 3.05) is 16.7 Å². The number of carbonyl (C=O) groups is 1. The van der Waals surface area contributed by atoms with E-state index in [0.717, 1.165) is 11.4 Å². The Kier molecular flexibility index (Phi) is 3.21. The van der Waals surface area contributed by atoms with Gasteiger partial charge in [0.05, 0.1) is 0 Å². The molecular weight excluding hydrogens is 255 g/mol. The minimum Gasteiger partial charge on any atom is -0.405 e. The molecule has 0 saturated heterocycles. The van der Waals surface area contributed by atoms with Gasteiger partial charge in [0.25, 0.3) is 0 Å². The van der Waals surface area contributed by atoms with Crippen LogP contribution in [0.4, 0.5) is 11.4 Å². The second kappa shape index (κ2) is 5.01. The molecule has 0 amide bonds. The van der Waals surface area contributed by atoms with Gasteiger partial charge in [0.15, 0.2) is 0 Å². The van der Waals surface area contributed by atoms with Crippen LogP contribution in [-0.2, 0) is 4.79 Å². The summed E-state index contributed by atoms with van der Waals surface area (Å²) in [6.07, 6.45) is 3.38. The Bertz CT molecular complexity index is 631. The van der Waals surface area contributed by atoms with Crippen molar-refractivity contribution in [2.24, 2.45) is 0 Å². The van der Waals surface area contributed by atoms with Crippen molar-refractivity contribution in [3.05, 3.63) is 48.4 Å². The minimum absolute atomic E-state index is 0.0562. The third-order valence-electron chi connectivity index (χ3n) is 3.15. The topological polar surface area (TPSA) is 41.1 Å². The summed E-state index contributed by atoms with van der Waals surface area (Å²) in [5.74, 6) is 1.85. The predicted octanol–water partition coefficient (Wildman–Crippen LogP) is 3.15. The van der Waals surface area contributed by atoms with E-state index in [1.807, 2.05) is 18.1 Å². The van der Waals surface area contributed by atoms with Gasteiger partial charge in [0, 0.05) is 16.8 Å². The van der Waals surface area contributed by atoms with E-state index < -0.39 is 0 Å². The number of rotatable bonds is 2. The summed E-state index contributed by atoms with van der Waals surface area (Å²) in [5, 5.41) is 9.22. The van der Waals surface area contributed by atoms with Crippen molar-refractivity contribution in [1.29, 1.82) is 0 Å². The lowest BCUT2D eigenvalue weighted by Crippen LogP contribution is -2.35. The van der Waals surface area contributed by atoms with Crippen LogP contribution in [0.15, 0.2) is 48.4 Å². The van der Waals surface area contributed by atoms with Crippen LogP contribution >= 0.6 is 11.8 Å². The van der Waals surface area contributed by atoms with E-state index >= 15 is 0 Å². The van der Waals surface area contributed by atoms with Crippen LogP contribution in [0, 0.1) is 0 Å². The molecule has 3 nitrogen and oxygen atoms in total. The van der Waals surface area contributed by atoms with E-state index in [-0.39, 0.29) is 12.1 Å². The monoisotopic (exact) mass is 268 g/mol. The van der Waals surface area contributed by atoms with Gasteiger partial charge in [0.2, 0.25) is 5.12 Å². The van der Waals surface area contributed by atoms with E-state index in [1.165, 1.54) is 22.5 Å². The van der Waals surface area contributed by atoms with E-state index in [2.05, 4.69) is 34.7 Å². The number of thioether (sulfide) groups is 1. The number of carbonyl (C=O) groups excluding carboxylic acids is 1. The Morgan fingerprint density at radius 2 is 1.79 bits per heavy atom. The van der Waals surface area contributed by atoms with Crippen molar-refractivity contribution in [2.45, 2.75) is 0 Å². The Labute approximate surface area is 116 Å². The lowest BCUT2D eigenvalue weighted by molar-refractivity contribution is -0.107. The summed E-state index contributed by atoms with van der Waals surface area (Å²) in [6.45, 7) is -0.0587. The van der Waals surface area contributed by atoms with Crippen LogP contribution in [0.25, 0.3) is 10.8 Å². The average Bonchev–Trinajstić information content (AvgIpc) is 2.45. The summed E-state index contributed by atoms with van der Waals surface area (Å²) in [7, 11) is 0. The SMILES string of the molecule is CSC(=O)/C=C/B1Nc2cccc3cccc(c23)N1. The molecule has 2 aromatic rings. The summed E-state index contributed by atoms with van der Waals surface area (Å²) in [5.41, 5.74) is 2.19. The smallest absolute Gasteiger partial charge is 0.398 e. The fourth-order valence-electron chi connectivity index (χ4n) is 2.29. The highest BCUT2D eigenvalue weighted by molar-refractivity contribution is 8.13. The van der Waals surface area contributed by atoms with Crippen LogP contribution < -0.4 is 10.5 Å². The van der Waals surface area contributed by atoms with Gasteiger partial charge in [-0.1, -0.05) is 42.0 Å². The summed E-state index contributed by atoms with van der Waals surface area (Å²) >= 11 is 1.21. The maximum Gasteiger partial charge on any atom is 0.398 e. The van der Waals surface area contributed by atoms with Crippen molar-refractivity contribution in [3.63, 3.8) is 0 Å². The van der Waals surface area contributed by atoms with Crippen LogP contribution in [0.2, 0.25) is 0 Å². The Morgan fingerprint density at radius 1 is 1.16 bits per heavy atom. The van der Waals surface area contributed by atoms with Crippen molar-refractivity contribution in [1.82, 2.24) is 0 Å². The summed E-state index contributed by atoms with van der Waals surface area (Å²) < 4.78 is 0. The van der Waals surface area contributed by atoms with E-state index in [1.54, 1.807) is 12.3 Å². The van der Waals surface area contributed by atoms with Gasteiger partial charge in [-0.2, -0.15) is 0 Å². The standard InChI is InChI=1S/C14H13BN2OS/c1-19-13(18)8-9-15-16-11-6-2-4-10-5-3-7-12(17-15)14(10)11/h2-9,16-17H,1H3/b9-8+. The van der Waals surface area contributed by atoms with Crippen LogP contribution in [-0.4, -0.2) is 18.4 Å². The Morgan fingerprint density at radius 3 is 2.37 bits per heavy atom. The quantitative estimate of drug-likeness (QED) is 0.648. The zero-order valence-electron chi connectivity index (χ0n) is 10.5. The highest BCUT2D eigenvalue weighted by Gasteiger charge is 2.20. The molecule has 19 heavy (non-hydrogen) atoms. The van der Waals surface area contributed by atoms with Crippen molar-refractivity contribution < 1.29 is 4.79 Å². The molecule has 0 radical (unpaired) electrons. The van der Waals surface area contributed by atoms with Gasteiger partial charge in [-0.3, -0.25) is 4.79 Å². The third kappa shape index (κ3) is 2.33. The molecule has 0 fully saturated rings. The molecule has 1 aliphatic heterocycles. The zero-order valence-corrected chi connectivity index (χ0v) is 11.3. The highest BCUT2D eigenvalue weighted by atomic mass is 32.2. The van der Waals surface area contributed by atoms with Crippen LogP contribution in [0.3, 0.4) is 0 Å². The maximum absolute atomic E-state index is 11.3.